The van der Waals surface area contributed by atoms with Crippen molar-refractivity contribution in [3.05, 3.63) is 340 Å². The van der Waals surface area contributed by atoms with Crippen molar-refractivity contribution in [2.24, 2.45) is 0 Å². The van der Waals surface area contributed by atoms with Crippen LogP contribution in [0.4, 0.5) is 0 Å². The van der Waals surface area contributed by atoms with Gasteiger partial charge in [0, 0.05) is 87.8 Å². The van der Waals surface area contributed by atoms with Crippen LogP contribution in [0.25, 0.3) is 200 Å². The fourth-order valence-corrected chi connectivity index (χ4v) is 14.8. The van der Waals surface area contributed by atoms with Crippen LogP contribution in [0, 0.1) is 0 Å². The van der Waals surface area contributed by atoms with Gasteiger partial charge in [-0.3, -0.25) is 0 Å². The Morgan fingerprint density at radius 2 is 0.490 bits per heavy atom. The number of benzene rings is 14. The second kappa shape index (κ2) is 23.1. The van der Waals surface area contributed by atoms with Gasteiger partial charge in [0.15, 0.2) is 11.6 Å². The van der Waals surface area contributed by atoms with Gasteiger partial charge < -0.3 is 18.0 Å². The molecular weight excluding hydrogens is 1220 g/mol. The van der Waals surface area contributed by atoms with Gasteiger partial charge >= 0.3 is 0 Å². The molecule has 6 heterocycles. The van der Waals surface area contributed by atoms with Crippen molar-refractivity contribution in [3.8, 4) is 113 Å². The van der Waals surface area contributed by atoms with Crippen molar-refractivity contribution in [2.75, 3.05) is 0 Å². The van der Waals surface area contributed by atoms with Crippen molar-refractivity contribution in [3.63, 3.8) is 0 Å². The summed E-state index contributed by atoms with van der Waals surface area (Å²) in [6.45, 7) is 0. The van der Waals surface area contributed by atoms with E-state index in [9.17, 15) is 0 Å². The highest BCUT2D eigenvalue weighted by atomic mass is 16.3. The van der Waals surface area contributed by atoms with Crippen molar-refractivity contribution in [2.45, 2.75) is 0 Å². The Kier molecular flexibility index (Phi) is 13.1. The first kappa shape index (κ1) is 56.8. The maximum Gasteiger partial charge on any atom is 0.160 e. The Hall–Kier alpha value is -13.6. The molecule has 0 aliphatic heterocycles. The lowest BCUT2D eigenvalue weighted by Crippen LogP contribution is -1.97. The number of furan rings is 2. The third-order valence-corrected chi connectivity index (χ3v) is 19.8. The van der Waals surface area contributed by atoms with Crippen LogP contribution < -0.4 is 0 Å². The zero-order valence-electron chi connectivity index (χ0n) is 53.8. The van der Waals surface area contributed by atoms with Gasteiger partial charge in [-0.25, -0.2) is 19.9 Å². The molecule has 0 aliphatic rings. The molecule has 0 N–H and O–H groups in total. The minimum atomic E-state index is 0.661. The summed E-state index contributed by atoms with van der Waals surface area (Å²) in [6, 6.07) is 120. The van der Waals surface area contributed by atoms with Crippen LogP contribution in [0.1, 0.15) is 0 Å². The molecule has 0 atom stereocenters. The van der Waals surface area contributed by atoms with E-state index < -0.39 is 0 Å². The third-order valence-electron chi connectivity index (χ3n) is 19.8. The van der Waals surface area contributed by atoms with Gasteiger partial charge in [-0.1, -0.05) is 231 Å². The van der Waals surface area contributed by atoms with E-state index in [1.807, 2.05) is 24.3 Å². The Morgan fingerprint density at radius 1 is 0.180 bits per heavy atom. The quantitative estimate of drug-likeness (QED) is 0.128. The molecule has 20 aromatic rings. The van der Waals surface area contributed by atoms with E-state index in [0.717, 1.165) is 156 Å². The highest BCUT2D eigenvalue weighted by Crippen LogP contribution is 2.42. The van der Waals surface area contributed by atoms with E-state index >= 15 is 0 Å². The molecule has 8 nitrogen and oxygen atoms in total. The normalized spacial score (nSPS) is 11.8. The summed E-state index contributed by atoms with van der Waals surface area (Å²) >= 11 is 0. The van der Waals surface area contributed by atoms with E-state index in [1.165, 1.54) is 32.6 Å². The topological polar surface area (TPSA) is 87.7 Å². The summed E-state index contributed by atoms with van der Waals surface area (Å²) in [6.07, 6.45) is 0. The van der Waals surface area contributed by atoms with Gasteiger partial charge in [0.2, 0.25) is 0 Å². The summed E-state index contributed by atoms with van der Waals surface area (Å²) in [5, 5.41) is 9.20. The molecule has 0 saturated heterocycles. The first-order chi connectivity index (χ1) is 49.5. The van der Waals surface area contributed by atoms with E-state index in [1.54, 1.807) is 0 Å². The fourth-order valence-electron chi connectivity index (χ4n) is 14.8. The summed E-state index contributed by atoms with van der Waals surface area (Å²) < 4.78 is 17.6. The molecule has 0 spiro atoms. The van der Waals surface area contributed by atoms with E-state index in [2.05, 4.69) is 325 Å². The van der Waals surface area contributed by atoms with E-state index in [4.69, 9.17) is 28.8 Å². The predicted octanol–water partition coefficient (Wildman–Crippen LogP) is 24.3. The maximum atomic E-state index is 6.66. The molecule has 0 bridgehead atoms. The van der Waals surface area contributed by atoms with Crippen molar-refractivity contribution in [1.29, 1.82) is 0 Å². The molecular formula is C92H56N6O2. The van der Waals surface area contributed by atoms with Gasteiger partial charge in [0.05, 0.1) is 44.8 Å². The molecule has 20 rings (SSSR count). The molecule has 100 heavy (non-hydrogen) atoms. The minimum absolute atomic E-state index is 0.661. The third kappa shape index (κ3) is 9.68. The second-order valence-corrected chi connectivity index (χ2v) is 25.7. The average Bonchev–Trinajstić information content (AvgIpc) is 1.59. The SMILES string of the molecule is c1ccc(-c2cc(-c3ccc(-n4c5ccccc5c5ccccc54)cc3)nc(-c3ccc(-c4ccc5oc6cc(-c7ccc8c(c7)c7ccccc7n8-c7ccc(-c8cc(-c9ccccc9)nc(-c9ccc(-c%10ccc%11c(c%10)oc%10ccccc%10%11)cc9)n8)cc7)ccc6c5c4)cc3)n2)cc1. The Labute approximate surface area is 574 Å². The van der Waals surface area contributed by atoms with E-state index in [-0.39, 0.29) is 0 Å². The number of fused-ring (bicyclic) bond motifs is 12. The number of nitrogens with zero attached hydrogens (tertiary/aromatic N) is 6. The van der Waals surface area contributed by atoms with Crippen molar-refractivity contribution in [1.82, 2.24) is 29.1 Å². The standard InChI is InChI=1S/C92H56N6O2/c1-3-15-59(16-4-1)79-55-81(61-35-43-69(44-36-61)97-83-23-11-7-19-71(83)72-20-8-12-24-84(72)97)95-91(93-79)63-31-27-57(28-32-63)65-42-50-88-78(52-65)76-48-40-68(54-90(76)100-88)66-41-49-86-77(51-66)73-21-9-13-25-85(73)98(86)70-45-37-62(38-46-70)82-56-80(60-17-5-2-6-18-60)94-92(96-82)64-33-29-58(30-34-64)67-39-47-75-74-22-10-14-26-87(74)99-89(75)53-67/h1-56H. The predicted molar refractivity (Wildman–Crippen MR) is 410 cm³/mol. The highest BCUT2D eigenvalue weighted by Gasteiger charge is 2.20. The minimum Gasteiger partial charge on any atom is -0.456 e. The molecule has 0 amide bonds. The fraction of sp³-hybridized carbons (Fsp3) is 0. The summed E-state index contributed by atoms with van der Waals surface area (Å²) in [4.78, 5) is 20.8. The van der Waals surface area contributed by atoms with Crippen molar-refractivity contribution < 1.29 is 8.83 Å². The van der Waals surface area contributed by atoms with Crippen LogP contribution in [0.5, 0.6) is 0 Å². The number of para-hydroxylation sites is 4. The lowest BCUT2D eigenvalue weighted by Gasteiger charge is -2.12. The van der Waals surface area contributed by atoms with Gasteiger partial charge in [-0.2, -0.15) is 0 Å². The van der Waals surface area contributed by atoms with Gasteiger partial charge in [-0.15, -0.1) is 0 Å². The molecule has 0 aliphatic carbocycles. The van der Waals surface area contributed by atoms with Crippen molar-refractivity contribution >= 4 is 87.5 Å². The van der Waals surface area contributed by atoms with Crippen LogP contribution in [0.3, 0.4) is 0 Å². The van der Waals surface area contributed by atoms with E-state index in [0.29, 0.717) is 11.6 Å². The Balaban J connectivity index is 0.579. The maximum absolute atomic E-state index is 6.66. The zero-order chi connectivity index (χ0) is 65.8. The number of hydrogen-bond acceptors (Lipinski definition) is 6. The summed E-state index contributed by atoms with van der Waals surface area (Å²) in [5.41, 5.74) is 26.1. The van der Waals surface area contributed by atoms with Gasteiger partial charge in [0.25, 0.3) is 0 Å². The molecule has 0 unspecified atom stereocenters. The van der Waals surface area contributed by atoms with Gasteiger partial charge in [-0.05, 0) is 143 Å². The largest absolute Gasteiger partial charge is 0.456 e. The zero-order valence-corrected chi connectivity index (χ0v) is 53.8. The molecule has 8 heteroatoms. The monoisotopic (exact) mass is 1280 g/mol. The average molecular weight is 1280 g/mol. The lowest BCUT2D eigenvalue weighted by atomic mass is 9.99. The lowest BCUT2D eigenvalue weighted by molar-refractivity contribution is 0.668. The summed E-state index contributed by atoms with van der Waals surface area (Å²) in [7, 11) is 0. The molecule has 14 aromatic carbocycles. The van der Waals surface area contributed by atoms with Crippen LogP contribution in [0.15, 0.2) is 349 Å². The smallest absolute Gasteiger partial charge is 0.160 e. The molecule has 6 aromatic heterocycles. The van der Waals surface area contributed by atoms with Crippen LogP contribution >= 0.6 is 0 Å². The number of aromatic nitrogens is 6. The first-order valence-electron chi connectivity index (χ1n) is 33.7. The Morgan fingerprint density at radius 3 is 0.990 bits per heavy atom. The van der Waals surface area contributed by atoms with Crippen LogP contribution in [0.2, 0.25) is 0 Å². The van der Waals surface area contributed by atoms with Crippen LogP contribution in [-0.4, -0.2) is 29.1 Å². The highest BCUT2D eigenvalue weighted by molar-refractivity contribution is 6.13. The van der Waals surface area contributed by atoms with Gasteiger partial charge in [0.1, 0.15) is 22.3 Å². The Bertz CT molecular complexity index is 6550. The molecule has 0 fully saturated rings. The first-order valence-corrected chi connectivity index (χ1v) is 33.7. The molecule has 0 saturated carbocycles. The number of rotatable bonds is 11. The summed E-state index contributed by atoms with van der Waals surface area (Å²) in [5.74, 6) is 1.33. The molecule has 466 valence electrons. The number of hydrogen-bond donors (Lipinski definition) is 0. The second-order valence-electron chi connectivity index (χ2n) is 25.7. The molecule has 0 radical (unpaired) electrons. The van der Waals surface area contributed by atoms with Crippen LogP contribution in [-0.2, 0) is 0 Å².